The molecule has 146 valence electrons. The summed E-state index contributed by atoms with van der Waals surface area (Å²) in [5.41, 5.74) is 1.12. The van der Waals surface area contributed by atoms with Gasteiger partial charge in [-0.2, -0.15) is 4.98 Å². The van der Waals surface area contributed by atoms with Crippen molar-refractivity contribution in [2.75, 3.05) is 30.8 Å². The SMILES string of the molecule is [2H]c1nc(N[C@@H]2CCN(C(=O)c3ccc(NC(=O)C=C)cc3)C2)nc(OC)c1Cl. The van der Waals surface area contributed by atoms with Gasteiger partial charge in [0.05, 0.1) is 14.7 Å². The van der Waals surface area contributed by atoms with Gasteiger partial charge in [0.25, 0.3) is 5.91 Å². The average Bonchev–Trinajstić information content (AvgIpc) is 3.18. The number of hydrogen-bond acceptors (Lipinski definition) is 6. The van der Waals surface area contributed by atoms with E-state index in [1.54, 1.807) is 29.2 Å². The number of nitrogens with zero attached hydrogens (tertiary/aromatic N) is 3. The second-order valence-corrected chi connectivity index (χ2v) is 6.51. The van der Waals surface area contributed by atoms with Gasteiger partial charge in [0.1, 0.15) is 5.02 Å². The number of carbonyl (C=O) groups excluding carboxylic acids is 2. The number of benzene rings is 1. The largest absolute Gasteiger partial charge is 0.480 e. The number of amides is 2. The van der Waals surface area contributed by atoms with Crippen molar-refractivity contribution in [3.63, 3.8) is 0 Å². The summed E-state index contributed by atoms with van der Waals surface area (Å²) in [4.78, 5) is 33.9. The number of aromatic nitrogens is 2. The van der Waals surface area contributed by atoms with Crippen molar-refractivity contribution >= 4 is 35.1 Å². The van der Waals surface area contributed by atoms with Crippen LogP contribution in [0.3, 0.4) is 0 Å². The highest BCUT2D eigenvalue weighted by Crippen LogP contribution is 2.23. The summed E-state index contributed by atoms with van der Waals surface area (Å²) in [6.45, 7) is 4.44. The van der Waals surface area contributed by atoms with E-state index in [9.17, 15) is 9.59 Å². The van der Waals surface area contributed by atoms with Crippen molar-refractivity contribution in [2.45, 2.75) is 12.5 Å². The van der Waals surface area contributed by atoms with E-state index < -0.39 is 0 Å². The highest BCUT2D eigenvalue weighted by Gasteiger charge is 2.27. The van der Waals surface area contributed by atoms with E-state index in [2.05, 4.69) is 27.2 Å². The van der Waals surface area contributed by atoms with Crippen LogP contribution in [0.1, 0.15) is 18.1 Å². The van der Waals surface area contributed by atoms with Gasteiger partial charge < -0.3 is 20.3 Å². The molecule has 28 heavy (non-hydrogen) atoms. The van der Waals surface area contributed by atoms with Crippen LogP contribution in [0.4, 0.5) is 11.6 Å². The molecule has 0 unspecified atom stereocenters. The number of likely N-dealkylation sites (tertiary alicyclic amines) is 1. The maximum atomic E-state index is 12.7. The third-order valence-electron chi connectivity index (χ3n) is 4.24. The molecule has 9 heteroatoms. The van der Waals surface area contributed by atoms with Crippen molar-refractivity contribution in [2.24, 2.45) is 0 Å². The third-order valence-corrected chi connectivity index (χ3v) is 4.49. The quantitative estimate of drug-likeness (QED) is 0.721. The number of nitrogens with one attached hydrogen (secondary N) is 2. The first kappa shape index (κ1) is 18.2. The van der Waals surface area contributed by atoms with E-state index in [1.807, 2.05) is 0 Å². The monoisotopic (exact) mass is 402 g/mol. The lowest BCUT2D eigenvalue weighted by molar-refractivity contribution is -0.111. The van der Waals surface area contributed by atoms with E-state index in [4.69, 9.17) is 17.7 Å². The van der Waals surface area contributed by atoms with Gasteiger partial charge in [-0.3, -0.25) is 9.59 Å². The minimum atomic E-state index is -0.311. The molecule has 0 radical (unpaired) electrons. The Morgan fingerprint density at radius 3 is 2.86 bits per heavy atom. The maximum absolute atomic E-state index is 12.7. The smallest absolute Gasteiger partial charge is 0.253 e. The Labute approximate surface area is 169 Å². The zero-order chi connectivity index (χ0) is 21.0. The first-order valence-electron chi connectivity index (χ1n) is 9.08. The summed E-state index contributed by atoms with van der Waals surface area (Å²) in [5, 5.41) is 5.81. The molecule has 0 spiro atoms. The molecular formula is C19H20ClN5O3. The number of ether oxygens (including phenoxy) is 1. The van der Waals surface area contributed by atoms with Crippen LogP contribution in [0.15, 0.2) is 43.1 Å². The van der Waals surface area contributed by atoms with Crippen LogP contribution < -0.4 is 15.4 Å². The molecule has 3 rings (SSSR count). The highest BCUT2D eigenvalue weighted by molar-refractivity contribution is 6.31. The molecular weight excluding hydrogens is 382 g/mol. The first-order valence-corrected chi connectivity index (χ1v) is 8.96. The van der Waals surface area contributed by atoms with Crippen LogP contribution in [0.2, 0.25) is 5.02 Å². The van der Waals surface area contributed by atoms with Crippen LogP contribution in [0.5, 0.6) is 5.88 Å². The van der Waals surface area contributed by atoms with Crippen LogP contribution in [-0.2, 0) is 4.79 Å². The summed E-state index contributed by atoms with van der Waals surface area (Å²) >= 11 is 5.92. The fraction of sp³-hybridized carbons (Fsp3) is 0.263. The van der Waals surface area contributed by atoms with Gasteiger partial charge in [-0.15, -0.1) is 0 Å². The highest BCUT2D eigenvalue weighted by atomic mass is 35.5. The minimum Gasteiger partial charge on any atom is -0.480 e. The van der Waals surface area contributed by atoms with Gasteiger partial charge in [-0.25, -0.2) is 4.98 Å². The molecule has 8 nitrogen and oxygen atoms in total. The Balaban J connectivity index is 1.62. The standard InChI is InChI=1S/C19H20ClN5O3/c1-3-16(26)22-13-6-4-12(5-7-13)18(27)25-9-8-14(11-25)23-19-21-10-15(20)17(24-19)28-2/h3-7,10,14H,1,8-9,11H2,2H3,(H,22,26)(H,21,23,24)/t14-/m1/s1/i10D. The van der Waals surface area contributed by atoms with E-state index in [0.29, 0.717) is 30.8 Å². The van der Waals surface area contributed by atoms with E-state index in [1.165, 1.54) is 13.2 Å². The van der Waals surface area contributed by atoms with Gasteiger partial charge in [-0.1, -0.05) is 18.2 Å². The summed E-state index contributed by atoms with van der Waals surface area (Å²) in [7, 11) is 1.42. The predicted octanol–water partition coefficient (Wildman–Crippen LogP) is 2.59. The molecule has 1 saturated heterocycles. The summed E-state index contributed by atoms with van der Waals surface area (Å²) < 4.78 is 12.8. The fourth-order valence-electron chi connectivity index (χ4n) is 2.84. The van der Waals surface area contributed by atoms with Crippen molar-refractivity contribution in [1.82, 2.24) is 14.9 Å². The molecule has 2 amide bonds. The Kier molecular flexibility index (Phi) is 5.67. The number of hydrogen-bond donors (Lipinski definition) is 2. The number of rotatable bonds is 6. The fourth-order valence-corrected chi connectivity index (χ4v) is 3.00. The molecule has 1 atom stereocenters. The summed E-state index contributed by atoms with van der Waals surface area (Å²) in [5.74, 6) is -0.0531. The minimum absolute atomic E-state index is 0.0500. The maximum Gasteiger partial charge on any atom is 0.253 e. The molecule has 0 saturated carbocycles. The van der Waals surface area contributed by atoms with Gasteiger partial charge in [0, 0.05) is 30.4 Å². The second-order valence-electron chi connectivity index (χ2n) is 6.13. The van der Waals surface area contributed by atoms with Gasteiger partial charge in [0.2, 0.25) is 17.7 Å². The lowest BCUT2D eigenvalue weighted by Crippen LogP contribution is -2.31. The van der Waals surface area contributed by atoms with Crippen molar-refractivity contribution < 1.29 is 15.7 Å². The van der Waals surface area contributed by atoms with Gasteiger partial charge in [0.15, 0.2) is 0 Å². The van der Waals surface area contributed by atoms with Crippen molar-refractivity contribution in [1.29, 1.82) is 0 Å². The molecule has 1 aromatic heterocycles. The average molecular weight is 403 g/mol. The van der Waals surface area contributed by atoms with E-state index in [0.717, 1.165) is 0 Å². The molecule has 2 N–H and O–H groups in total. The molecule has 2 heterocycles. The van der Waals surface area contributed by atoms with Crippen molar-refractivity contribution in [3.8, 4) is 5.88 Å². The van der Waals surface area contributed by atoms with Crippen LogP contribution >= 0.6 is 11.6 Å². The van der Waals surface area contributed by atoms with Gasteiger partial charge >= 0.3 is 0 Å². The van der Waals surface area contributed by atoms with Crippen molar-refractivity contribution in [3.05, 3.63) is 53.7 Å². The Bertz CT molecular complexity index is 938. The Morgan fingerprint density at radius 2 is 2.18 bits per heavy atom. The molecule has 1 aliphatic rings. The summed E-state index contributed by atoms with van der Waals surface area (Å²) in [6, 6.07) is 6.62. The van der Waals surface area contributed by atoms with Gasteiger partial charge in [-0.05, 0) is 36.8 Å². The normalized spacial score (nSPS) is 16.3. The predicted molar refractivity (Wildman–Crippen MR) is 107 cm³/mol. The van der Waals surface area contributed by atoms with Crippen LogP contribution in [-0.4, -0.2) is 52.9 Å². The second kappa shape index (κ2) is 8.71. The number of methoxy groups -OCH3 is 1. The summed E-state index contributed by atoms with van der Waals surface area (Å²) in [6.07, 6.45) is 1.76. The zero-order valence-corrected chi connectivity index (χ0v) is 16.0. The van der Waals surface area contributed by atoms with Crippen LogP contribution in [0.25, 0.3) is 0 Å². The molecule has 0 aliphatic carbocycles. The molecule has 1 fully saturated rings. The Hall–Kier alpha value is -3.13. The number of carbonyl (C=O) groups is 2. The molecule has 1 aliphatic heterocycles. The van der Waals surface area contributed by atoms with Crippen LogP contribution in [0, 0.1) is 0 Å². The topological polar surface area (TPSA) is 96.5 Å². The molecule has 2 aromatic rings. The Morgan fingerprint density at radius 1 is 1.43 bits per heavy atom. The third kappa shape index (κ3) is 4.58. The van der Waals surface area contributed by atoms with E-state index in [-0.39, 0.29) is 40.9 Å². The molecule has 1 aromatic carbocycles. The number of halogens is 1. The lowest BCUT2D eigenvalue weighted by Gasteiger charge is -2.17. The number of anilines is 2. The van der Waals surface area contributed by atoms with E-state index >= 15 is 0 Å². The lowest BCUT2D eigenvalue weighted by atomic mass is 10.2. The molecule has 0 bridgehead atoms. The first-order chi connectivity index (χ1) is 13.9. The zero-order valence-electron chi connectivity index (χ0n) is 16.2.